The van der Waals surface area contributed by atoms with E-state index in [2.05, 4.69) is 19.8 Å². The van der Waals surface area contributed by atoms with E-state index in [4.69, 9.17) is 11.6 Å². The highest BCUT2D eigenvalue weighted by Gasteiger charge is 2.22. The number of hydrogen-bond acceptors (Lipinski definition) is 6. The second-order valence-electron chi connectivity index (χ2n) is 6.89. The zero-order chi connectivity index (χ0) is 20.2. The normalized spacial score (nSPS) is 14.7. The first-order valence-electron chi connectivity index (χ1n) is 9.39. The minimum absolute atomic E-state index is 0.0207. The molecule has 1 fully saturated rings. The Hall–Kier alpha value is -3.03. The van der Waals surface area contributed by atoms with Crippen LogP contribution in [0.25, 0.3) is 11.3 Å². The fourth-order valence-corrected chi connectivity index (χ4v) is 3.55. The zero-order valence-electron chi connectivity index (χ0n) is 15.7. The molecule has 3 aromatic rings. The zero-order valence-corrected chi connectivity index (χ0v) is 16.5. The highest BCUT2D eigenvalue weighted by Crippen LogP contribution is 2.30. The molecule has 8 heteroatoms. The Kier molecular flexibility index (Phi) is 5.69. The Balaban J connectivity index is 1.48. The third-order valence-electron chi connectivity index (χ3n) is 4.97. The lowest BCUT2D eigenvalue weighted by Crippen LogP contribution is -2.46. The predicted octanol–water partition coefficient (Wildman–Crippen LogP) is 4.03. The van der Waals surface area contributed by atoms with Crippen LogP contribution in [0.4, 0.5) is 11.5 Å². The highest BCUT2D eigenvalue weighted by molar-refractivity contribution is 6.30. The van der Waals surface area contributed by atoms with Crippen molar-refractivity contribution in [2.75, 3.05) is 31.1 Å². The molecule has 0 N–H and O–H groups in total. The van der Waals surface area contributed by atoms with Gasteiger partial charge in [0.05, 0.1) is 15.6 Å². The van der Waals surface area contributed by atoms with Crippen LogP contribution in [0.5, 0.6) is 0 Å². The number of hydrogen-bond donors (Lipinski definition) is 0. The van der Waals surface area contributed by atoms with E-state index in [1.807, 2.05) is 42.5 Å². The third-order valence-corrected chi connectivity index (χ3v) is 5.20. The van der Waals surface area contributed by atoms with Gasteiger partial charge in [-0.25, -0.2) is 4.98 Å². The fourth-order valence-electron chi connectivity index (χ4n) is 3.44. The standard InChI is InChI=1S/C21H20ClN5O2/c22-17-6-7-18(23-14-17)15-25-10-12-26(13-11-25)20-9-8-19(27(28)29)21(24-20)16-4-2-1-3-5-16/h1-9,14H,10-13,15H2. The van der Waals surface area contributed by atoms with Gasteiger partial charge in [0.2, 0.25) is 0 Å². The molecule has 0 unspecified atom stereocenters. The van der Waals surface area contributed by atoms with Crippen molar-refractivity contribution in [1.82, 2.24) is 14.9 Å². The number of nitrogens with zero attached hydrogens (tertiary/aromatic N) is 5. The van der Waals surface area contributed by atoms with Crippen molar-refractivity contribution in [2.45, 2.75) is 6.54 Å². The molecular formula is C21H20ClN5O2. The molecule has 0 atom stereocenters. The minimum atomic E-state index is -0.379. The van der Waals surface area contributed by atoms with Gasteiger partial charge in [-0.05, 0) is 18.2 Å². The van der Waals surface area contributed by atoms with Crippen molar-refractivity contribution in [3.05, 3.63) is 81.6 Å². The lowest BCUT2D eigenvalue weighted by molar-refractivity contribution is -0.384. The maximum atomic E-state index is 11.5. The lowest BCUT2D eigenvalue weighted by Gasteiger charge is -2.35. The first-order valence-corrected chi connectivity index (χ1v) is 9.76. The molecule has 0 bridgehead atoms. The van der Waals surface area contributed by atoms with Gasteiger partial charge in [0.1, 0.15) is 5.82 Å². The molecule has 148 valence electrons. The molecule has 0 aliphatic carbocycles. The van der Waals surface area contributed by atoms with Crippen LogP contribution in [-0.4, -0.2) is 46.0 Å². The van der Waals surface area contributed by atoms with Gasteiger partial charge in [0.15, 0.2) is 5.69 Å². The molecule has 1 aromatic carbocycles. The van der Waals surface area contributed by atoms with Crippen LogP contribution in [0.1, 0.15) is 5.69 Å². The molecule has 7 nitrogen and oxygen atoms in total. The summed E-state index contributed by atoms with van der Waals surface area (Å²) in [6, 6.07) is 16.4. The van der Waals surface area contributed by atoms with Crippen molar-refractivity contribution in [3.63, 3.8) is 0 Å². The summed E-state index contributed by atoms with van der Waals surface area (Å²) in [6.07, 6.45) is 1.67. The molecule has 1 saturated heterocycles. The van der Waals surface area contributed by atoms with Crippen molar-refractivity contribution < 1.29 is 4.92 Å². The Morgan fingerprint density at radius 3 is 2.41 bits per heavy atom. The number of benzene rings is 1. The average molecular weight is 410 g/mol. The number of pyridine rings is 2. The van der Waals surface area contributed by atoms with E-state index in [1.165, 1.54) is 0 Å². The fraction of sp³-hybridized carbons (Fsp3) is 0.238. The highest BCUT2D eigenvalue weighted by atomic mass is 35.5. The Morgan fingerprint density at radius 1 is 1.00 bits per heavy atom. The van der Waals surface area contributed by atoms with Gasteiger partial charge in [-0.3, -0.25) is 20.0 Å². The average Bonchev–Trinajstić information content (AvgIpc) is 2.76. The van der Waals surface area contributed by atoms with E-state index in [-0.39, 0.29) is 10.6 Å². The molecule has 2 aromatic heterocycles. The monoisotopic (exact) mass is 409 g/mol. The van der Waals surface area contributed by atoms with Crippen LogP contribution in [0.3, 0.4) is 0 Å². The summed E-state index contributed by atoms with van der Waals surface area (Å²) in [5, 5.41) is 12.1. The van der Waals surface area contributed by atoms with Crippen LogP contribution >= 0.6 is 11.6 Å². The van der Waals surface area contributed by atoms with Gasteiger partial charge in [0.25, 0.3) is 5.69 Å². The first-order chi connectivity index (χ1) is 14.1. The van der Waals surface area contributed by atoms with E-state index in [9.17, 15) is 10.1 Å². The van der Waals surface area contributed by atoms with Gasteiger partial charge in [-0.2, -0.15) is 0 Å². The SMILES string of the molecule is O=[N+]([O-])c1ccc(N2CCN(Cc3ccc(Cl)cn3)CC2)nc1-c1ccccc1. The van der Waals surface area contributed by atoms with Crippen molar-refractivity contribution >= 4 is 23.1 Å². The number of anilines is 1. The summed E-state index contributed by atoms with van der Waals surface area (Å²) in [5.41, 5.74) is 2.16. The quantitative estimate of drug-likeness (QED) is 0.468. The van der Waals surface area contributed by atoms with E-state index in [1.54, 1.807) is 18.3 Å². The number of piperazine rings is 1. The lowest BCUT2D eigenvalue weighted by atomic mass is 10.1. The topological polar surface area (TPSA) is 75.4 Å². The summed E-state index contributed by atoms with van der Waals surface area (Å²) >= 11 is 5.90. The van der Waals surface area contributed by atoms with E-state index in [0.29, 0.717) is 10.7 Å². The Labute approximate surface area is 173 Å². The predicted molar refractivity (Wildman–Crippen MR) is 113 cm³/mol. The van der Waals surface area contributed by atoms with Gasteiger partial charge in [-0.15, -0.1) is 0 Å². The maximum Gasteiger partial charge on any atom is 0.295 e. The molecule has 0 amide bonds. The van der Waals surface area contributed by atoms with Crippen molar-refractivity contribution in [1.29, 1.82) is 0 Å². The molecule has 0 saturated carbocycles. The Bertz CT molecular complexity index is 990. The molecule has 29 heavy (non-hydrogen) atoms. The minimum Gasteiger partial charge on any atom is -0.354 e. The van der Waals surface area contributed by atoms with E-state index < -0.39 is 0 Å². The largest absolute Gasteiger partial charge is 0.354 e. The molecule has 1 aliphatic rings. The summed E-state index contributed by atoms with van der Waals surface area (Å²) < 4.78 is 0. The smallest absolute Gasteiger partial charge is 0.295 e. The summed E-state index contributed by atoms with van der Waals surface area (Å²) in [7, 11) is 0. The number of nitro groups is 1. The second-order valence-corrected chi connectivity index (χ2v) is 7.33. The molecule has 1 aliphatic heterocycles. The van der Waals surface area contributed by atoms with Gasteiger partial charge >= 0.3 is 0 Å². The van der Waals surface area contributed by atoms with Crippen LogP contribution < -0.4 is 4.90 Å². The third kappa shape index (κ3) is 4.52. The van der Waals surface area contributed by atoms with Gasteiger partial charge in [0, 0.05) is 50.6 Å². The number of halogens is 1. The Morgan fingerprint density at radius 2 is 1.76 bits per heavy atom. The summed E-state index contributed by atoms with van der Waals surface area (Å²) in [6.45, 7) is 4.10. The van der Waals surface area contributed by atoms with Gasteiger partial charge < -0.3 is 4.90 Å². The van der Waals surface area contributed by atoms with Crippen molar-refractivity contribution in [2.24, 2.45) is 0 Å². The molecular weight excluding hydrogens is 390 g/mol. The van der Waals surface area contributed by atoms with Crippen molar-refractivity contribution in [3.8, 4) is 11.3 Å². The van der Waals surface area contributed by atoms with E-state index >= 15 is 0 Å². The van der Waals surface area contributed by atoms with Crippen LogP contribution in [0.15, 0.2) is 60.8 Å². The number of rotatable bonds is 5. The maximum absolute atomic E-state index is 11.5. The molecule has 0 radical (unpaired) electrons. The molecule has 0 spiro atoms. The summed E-state index contributed by atoms with van der Waals surface area (Å²) in [4.78, 5) is 24.6. The molecule has 3 heterocycles. The van der Waals surface area contributed by atoms with Crippen LogP contribution in [-0.2, 0) is 6.54 Å². The van der Waals surface area contributed by atoms with Crippen LogP contribution in [0, 0.1) is 10.1 Å². The first kappa shape index (κ1) is 19.3. The summed E-state index contributed by atoms with van der Waals surface area (Å²) in [5.74, 6) is 0.763. The van der Waals surface area contributed by atoms with Crippen LogP contribution in [0.2, 0.25) is 5.02 Å². The molecule has 4 rings (SSSR count). The number of aromatic nitrogens is 2. The van der Waals surface area contributed by atoms with E-state index in [0.717, 1.165) is 49.8 Å². The second kappa shape index (κ2) is 8.55. The van der Waals surface area contributed by atoms with Gasteiger partial charge in [-0.1, -0.05) is 41.9 Å².